The largest absolute Gasteiger partial charge is 0.348 e. The van der Waals surface area contributed by atoms with Gasteiger partial charge in [-0.3, -0.25) is 4.99 Å². The van der Waals surface area contributed by atoms with Crippen molar-refractivity contribution in [2.45, 2.75) is 61.8 Å². The Morgan fingerprint density at radius 2 is 1.48 bits per heavy atom. The van der Waals surface area contributed by atoms with Crippen LogP contribution in [0.15, 0.2) is 47.1 Å². The maximum Gasteiger partial charge on any atom is 0.104 e. The molecule has 0 amide bonds. The highest BCUT2D eigenvalue weighted by molar-refractivity contribution is 5.85. The third kappa shape index (κ3) is 14.6. The minimum Gasteiger partial charge on any atom is -0.348 e. The molecule has 0 aliphatic carbocycles. The molecular formula is C19H36N2. The Morgan fingerprint density at radius 3 is 1.86 bits per heavy atom. The second-order valence-corrected chi connectivity index (χ2v) is 3.43. The maximum absolute atomic E-state index is 4.24. The minimum absolute atomic E-state index is 0.850. The summed E-state index contributed by atoms with van der Waals surface area (Å²) in [7, 11) is 1.81. The standard InChI is InChI=1S/C13H18N2.3C2H6/c1-4-11(2)15-13(14-3)10-12-8-6-5-7-9-12;3*1-2/h4-9H,10H2,1-3H3,(H,14,15);3*1-2H3/b11-4-;;;. The van der Waals surface area contributed by atoms with Crippen molar-refractivity contribution in [1.29, 1.82) is 0 Å². The molecule has 0 aromatic heterocycles. The van der Waals surface area contributed by atoms with E-state index in [1.807, 2.05) is 86.7 Å². The Morgan fingerprint density at radius 1 is 1.00 bits per heavy atom. The first-order valence-electron chi connectivity index (χ1n) is 8.15. The number of hydrogen-bond donors (Lipinski definition) is 1. The SMILES string of the molecule is C/C=C(/C)NC(Cc1ccccc1)=NC.CC.CC.CC. The fourth-order valence-corrected chi connectivity index (χ4v) is 1.27. The smallest absolute Gasteiger partial charge is 0.104 e. The molecule has 0 atom stereocenters. The van der Waals surface area contributed by atoms with Crippen LogP contribution in [0, 0.1) is 0 Å². The number of nitrogens with zero attached hydrogens (tertiary/aromatic N) is 1. The topological polar surface area (TPSA) is 24.4 Å². The molecule has 1 aromatic carbocycles. The number of allylic oxidation sites excluding steroid dienone is 2. The maximum atomic E-state index is 4.24. The number of hydrogen-bond acceptors (Lipinski definition) is 1. The highest BCUT2D eigenvalue weighted by Gasteiger charge is 1.99. The van der Waals surface area contributed by atoms with Crippen molar-refractivity contribution < 1.29 is 0 Å². The minimum atomic E-state index is 0.850. The summed E-state index contributed by atoms with van der Waals surface area (Å²) in [6.45, 7) is 16.0. The van der Waals surface area contributed by atoms with E-state index < -0.39 is 0 Å². The second kappa shape index (κ2) is 20.7. The van der Waals surface area contributed by atoms with Crippen molar-refractivity contribution in [2.75, 3.05) is 7.05 Å². The summed E-state index contributed by atoms with van der Waals surface area (Å²) in [6, 6.07) is 10.3. The van der Waals surface area contributed by atoms with Gasteiger partial charge in [0.15, 0.2) is 0 Å². The van der Waals surface area contributed by atoms with E-state index in [2.05, 4.69) is 22.4 Å². The first kappa shape index (κ1) is 24.4. The third-order valence-corrected chi connectivity index (χ3v) is 2.26. The van der Waals surface area contributed by atoms with Crippen LogP contribution >= 0.6 is 0 Å². The molecule has 0 spiro atoms. The van der Waals surface area contributed by atoms with Crippen LogP contribution in [0.2, 0.25) is 0 Å². The average Bonchev–Trinajstić information content (AvgIpc) is 2.60. The van der Waals surface area contributed by atoms with Gasteiger partial charge in [-0.15, -0.1) is 0 Å². The van der Waals surface area contributed by atoms with E-state index in [0.29, 0.717) is 0 Å². The summed E-state index contributed by atoms with van der Waals surface area (Å²) in [4.78, 5) is 4.24. The lowest BCUT2D eigenvalue weighted by Gasteiger charge is -2.09. The molecule has 2 nitrogen and oxygen atoms in total. The van der Waals surface area contributed by atoms with E-state index in [9.17, 15) is 0 Å². The van der Waals surface area contributed by atoms with E-state index >= 15 is 0 Å². The van der Waals surface area contributed by atoms with Gasteiger partial charge in [-0.25, -0.2) is 0 Å². The molecule has 0 saturated carbocycles. The van der Waals surface area contributed by atoms with E-state index in [0.717, 1.165) is 18.0 Å². The summed E-state index contributed by atoms with van der Waals surface area (Å²) in [5, 5.41) is 3.28. The fraction of sp³-hybridized carbons (Fsp3) is 0.526. The van der Waals surface area contributed by atoms with Crippen LogP contribution in [0.3, 0.4) is 0 Å². The van der Waals surface area contributed by atoms with Gasteiger partial charge in [-0.1, -0.05) is 78.0 Å². The van der Waals surface area contributed by atoms with Gasteiger partial charge < -0.3 is 5.32 Å². The van der Waals surface area contributed by atoms with Gasteiger partial charge in [0.05, 0.1) is 0 Å². The zero-order valence-corrected chi connectivity index (χ0v) is 15.6. The van der Waals surface area contributed by atoms with Gasteiger partial charge in [0.2, 0.25) is 0 Å². The zero-order valence-electron chi connectivity index (χ0n) is 15.6. The van der Waals surface area contributed by atoms with Crippen LogP contribution in [0.25, 0.3) is 0 Å². The number of nitrogens with one attached hydrogen (secondary N) is 1. The molecule has 0 saturated heterocycles. The molecule has 122 valence electrons. The fourth-order valence-electron chi connectivity index (χ4n) is 1.27. The lowest BCUT2D eigenvalue weighted by molar-refractivity contribution is 1.05. The average molecular weight is 293 g/mol. The normalized spacial score (nSPS) is 9.95. The molecule has 0 radical (unpaired) electrons. The quantitative estimate of drug-likeness (QED) is 0.548. The number of benzene rings is 1. The van der Waals surface area contributed by atoms with E-state index in [-0.39, 0.29) is 0 Å². The van der Waals surface area contributed by atoms with Crippen LogP contribution < -0.4 is 5.32 Å². The molecule has 0 aliphatic heterocycles. The molecule has 0 unspecified atom stereocenters. The second-order valence-electron chi connectivity index (χ2n) is 3.43. The summed E-state index contributed by atoms with van der Waals surface area (Å²) >= 11 is 0. The van der Waals surface area contributed by atoms with Crippen LogP contribution in [0.1, 0.15) is 61.0 Å². The van der Waals surface area contributed by atoms with Gasteiger partial charge in [0.1, 0.15) is 5.84 Å². The van der Waals surface area contributed by atoms with E-state index in [4.69, 9.17) is 0 Å². The summed E-state index contributed by atoms with van der Waals surface area (Å²) < 4.78 is 0. The van der Waals surface area contributed by atoms with Crippen LogP contribution in [0.5, 0.6) is 0 Å². The van der Waals surface area contributed by atoms with Gasteiger partial charge >= 0.3 is 0 Å². The molecule has 1 rings (SSSR count). The predicted molar refractivity (Wildman–Crippen MR) is 100 cm³/mol. The van der Waals surface area contributed by atoms with Gasteiger partial charge in [-0.05, 0) is 19.4 Å². The molecule has 0 fully saturated rings. The van der Waals surface area contributed by atoms with Crippen LogP contribution in [-0.4, -0.2) is 12.9 Å². The van der Waals surface area contributed by atoms with Gasteiger partial charge in [0.25, 0.3) is 0 Å². The molecule has 21 heavy (non-hydrogen) atoms. The Hall–Kier alpha value is -1.57. The molecule has 2 heteroatoms. The number of amidine groups is 1. The number of rotatable bonds is 3. The lowest BCUT2D eigenvalue weighted by Crippen LogP contribution is -2.23. The van der Waals surface area contributed by atoms with Crippen molar-refractivity contribution >= 4 is 5.84 Å². The highest BCUT2D eigenvalue weighted by atomic mass is 15.0. The molecule has 0 heterocycles. The summed E-state index contributed by atoms with van der Waals surface area (Å²) in [5.74, 6) is 0.997. The Bertz CT molecular complexity index is 351. The van der Waals surface area contributed by atoms with Crippen molar-refractivity contribution in [3.8, 4) is 0 Å². The van der Waals surface area contributed by atoms with Crippen LogP contribution in [-0.2, 0) is 6.42 Å². The Labute approximate surface area is 133 Å². The molecule has 1 N–H and O–H groups in total. The molecule has 1 aromatic rings. The molecule has 0 aliphatic rings. The van der Waals surface area contributed by atoms with Crippen molar-refractivity contribution in [1.82, 2.24) is 5.32 Å². The summed E-state index contributed by atoms with van der Waals surface area (Å²) in [6.07, 6.45) is 2.89. The number of aliphatic imine (C=N–C) groups is 1. The van der Waals surface area contributed by atoms with E-state index in [1.165, 1.54) is 5.56 Å². The van der Waals surface area contributed by atoms with E-state index in [1.54, 1.807) is 0 Å². The predicted octanol–water partition coefficient (Wildman–Crippen LogP) is 5.85. The van der Waals surface area contributed by atoms with Gasteiger partial charge in [-0.2, -0.15) is 0 Å². The highest BCUT2D eigenvalue weighted by Crippen LogP contribution is 2.01. The Kier molecular flexibility index (Phi) is 24.1. The summed E-state index contributed by atoms with van der Waals surface area (Å²) in [5.41, 5.74) is 2.40. The monoisotopic (exact) mass is 292 g/mol. The Balaban J connectivity index is -0.000000478. The van der Waals surface area contributed by atoms with Gasteiger partial charge in [0, 0.05) is 19.2 Å². The van der Waals surface area contributed by atoms with Crippen molar-refractivity contribution in [3.63, 3.8) is 0 Å². The molecule has 0 bridgehead atoms. The zero-order chi connectivity index (χ0) is 17.1. The van der Waals surface area contributed by atoms with Crippen molar-refractivity contribution in [2.24, 2.45) is 4.99 Å². The third-order valence-electron chi connectivity index (χ3n) is 2.26. The van der Waals surface area contributed by atoms with Crippen molar-refractivity contribution in [3.05, 3.63) is 47.7 Å². The van der Waals surface area contributed by atoms with Crippen LogP contribution in [0.4, 0.5) is 0 Å². The molecular weight excluding hydrogens is 256 g/mol. The first-order chi connectivity index (χ1) is 10.3. The lowest BCUT2D eigenvalue weighted by atomic mass is 10.1. The first-order valence-corrected chi connectivity index (χ1v) is 8.15.